The molecule has 0 heterocycles. The Bertz CT molecular complexity index is 656. The number of ether oxygens (including phenoxy) is 1. The Balaban J connectivity index is 1.84. The molecular formula is C18H23N3O2. The number of nitrogens with one attached hydrogen (secondary N) is 2. The van der Waals surface area contributed by atoms with Crippen molar-refractivity contribution in [2.45, 2.75) is 13.3 Å². The molecule has 0 aromatic heterocycles. The van der Waals surface area contributed by atoms with Crippen molar-refractivity contribution in [3.8, 4) is 5.75 Å². The zero-order valence-corrected chi connectivity index (χ0v) is 13.8. The van der Waals surface area contributed by atoms with E-state index in [-0.39, 0.29) is 12.8 Å². The summed E-state index contributed by atoms with van der Waals surface area (Å²) < 4.78 is 5.62. The van der Waals surface area contributed by atoms with E-state index >= 15 is 0 Å². The molecule has 0 aliphatic rings. The summed E-state index contributed by atoms with van der Waals surface area (Å²) in [5.41, 5.74) is 2.88. The summed E-state index contributed by atoms with van der Waals surface area (Å²) in [7, 11) is 3.91. The number of carbonyl (C=O) groups excluding carboxylic acids is 1. The van der Waals surface area contributed by atoms with Gasteiger partial charge in [0.15, 0.2) is 6.73 Å². The van der Waals surface area contributed by atoms with E-state index < -0.39 is 0 Å². The van der Waals surface area contributed by atoms with Crippen LogP contribution in [0.1, 0.15) is 12.5 Å². The summed E-state index contributed by atoms with van der Waals surface area (Å²) in [6.07, 6.45) is 0.889. The Morgan fingerprint density at radius 3 is 2.65 bits per heavy atom. The number of amides is 2. The molecule has 2 amide bonds. The number of hydrogen-bond donors (Lipinski definition) is 2. The molecule has 0 spiro atoms. The Morgan fingerprint density at radius 1 is 1.13 bits per heavy atom. The van der Waals surface area contributed by atoms with E-state index in [1.807, 2.05) is 67.5 Å². The van der Waals surface area contributed by atoms with E-state index in [9.17, 15) is 4.79 Å². The van der Waals surface area contributed by atoms with Crippen LogP contribution < -0.4 is 20.3 Å². The minimum absolute atomic E-state index is 0.121. The van der Waals surface area contributed by atoms with Gasteiger partial charge in [0.25, 0.3) is 0 Å². The van der Waals surface area contributed by atoms with Gasteiger partial charge in [-0.1, -0.05) is 31.2 Å². The normalized spacial score (nSPS) is 10.0. The second-order valence-electron chi connectivity index (χ2n) is 5.33. The predicted molar refractivity (Wildman–Crippen MR) is 94.2 cm³/mol. The van der Waals surface area contributed by atoms with E-state index in [1.54, 1.807) is 0 Å². The van der Waals surface area contributed by atoms with Crippen LogP contribution in [0, 0.1) is 0 Å². The minimum atomic E-state index is -0.296. The topological polar surface area (TPSA) is 53.6 Å². The Labute approximate surface area is 137 Å². The maximum absolute atomic E-state index is 11.9. The minimum Gasteiger partial charge on any atom is -0.473 e. The third-order valence-electron chi connectivity index (χ3n) is 3.43. The van der Waals surface area contributed by atoms with E-state index in [1.165, 1.54) is 0 Å². The second-order valence-corrected chi connectivity index (χ2v) is 5.33. The van der Waals surface area contributed by atoms with Crippen molar-refractivity contribution < 1.29 is 9.53 Å². The van der Waals surface area contributed by atoms with Crippen LogP contribution >= 0.6 is 0 Å². The average Bonchev–Trinajstić information content (AvgIpc) is 2.55. The standard InChI is InChI=1S/C18H23N3O2/c1-4-14-8-5-6-11-17(14)23-13-19-18(22)20-15-9-7-10-16(12-15)21(2)3/h5-12H,4,13H2,1-3H3,(H2,19,20,22). The lowest BCUT2D eigenvalue weighted by molar-refractivity contribution is 0.234. The quantitative estimate of drug-likeness (QED) is 0.803. The van der Waals surface area contributed by atoms with Crippen molar-refractivity contribution in [3.63, 3.8) is 0 Å². The molecule has 0 unspecified atom stereocenters. The van der Waals surface area contributed by atoms with Crippen LogP contribution in [0.5, 0.6) is 5.75 Å². The first kappa shape index (κ1) is 16.7. The number of para-hydroxylation sites is 1. The highest BCUT2D eigenvalue weighted by Gasteiger charge is 2.04. The Morgan fingerprint density at radius 2 is 1.91 bits per heavy atom. The molecule has 0 radical (unpaired) electrons. The number of nitrogens with zero attached hydrogens (tertiary/aromatic N) is 1. The summed E-state index contributed by atoms with van der Waals surface area (Å²) in [5, 5.41) is 5.49. The summed E-state index contributed by atoms with van der Waals surface area (Å²) in [6.45, 7) is 2.19. The lowest BCUT2D eigenvalue weighted by Gasteiger charge is -2.15. The van der Waals surface area contributed by atoms with Crippen molar-refractivity contribution >= 4 is 17.4 Å². The lowest BCUT2D eigenvalue weighted by Crippen LogP contribution is -2.32. The fourth-order valence-electron chi connectivity index (χ4n) is 2.15. The van der Waals surface area contributed by atoms with Crippen LogP contribution in [-0.4, -0.2) is 26.9 Å². The summed E-state index contributed by atoms with van der Waals surface area (Å²) >= 11 is 0. The zero-order chi connectivity index (χ0) is 16.7. The van der Waals surface area contributed by atoms with Gasteiger partial charge in [0.2, 0.25) is 0 Å². The van der Waals surface area contributed by atoms with Gasteiger partial charge in [-0.05, 0) is 36.2 Å². The maximum Gasteiger partial charge on any atom is 0.321 e. The zero-order valence-electron chi connectivity index (χ0n) is 13.8. The first-order valence-electron chi connectivity index (χ1n) is 7.63. The number of urea groups is 1. The molecule has 0 bridgehead atoms. The number of carbonyl (C=O) groups is 1. The van der Waals surface area contributed by atoms with Crippen molar-refractivity contribution in [2.75, 3.05) is 31.0 Å². The molecule has 2 N–H and O–H groups in total. The number of benzene rings is 2. The van der Waals surface area contributed by atoms with Gasteiger partial charge in [0, 0.05) is 25.5 Å². The van der Waals surface area contributed by atoms with Gasteiger partial charge in [0.05, 0.1) is 0 Å². The third-order valence-corrected chi connectivity index (χ3v) is 3.43. The molecule has 0 aliphatic carbocycles. The largest absolute Gasteiger partial charge is 0.473 e. The Kier molecular flexibility index (Phi) is 5.86. The van der Waals surface area contributed by atoms with Crippen LogP contribution in [0.3, 0.4) is 0 Å². The summed E-state index contributed by atoms with van der Waals surface area (Å²) in [6, 6.07) is 15.2. The van der Waals surface area contributed by atoms with Crippen LogP contribution in [0.2, 0.25) is 0 Å². The molecule has 0 aliphatic heterocycles. The smallest absolute Gasteiger partial charge is 0.321 e. The van der Waals surface area contributed by atoms with Crippen molar-refractivity contribution in [3.05, 3.63) is 54.1 Å². The second kappa shape index (κ2) is 8.08. The molecule has 122 valence electrons. The Hall–Kier alpha value is -2.69. The van der Waals surface area contributed by atoms with Crippen LogP contribution in [0.25, 0.3) is 0 Å². The van der Waals surface area contributed by atoms with Crippen molar-refractivity contribution in [2.24, 2.45) is 0 Å². The maximum atomic E-state index is 11.9. The fraction of sp³-hybridized carbons (Fsp3) is 0.278. The number of rotatable bonds is 6. The number of hydrogen-bond acceptors (Lipinski definition) is 3. The highest BCUT2D eigenvalue weighted by Crippen LogP contribution is 2.18. The van der Waals surface area contributed by atoms with Crippen LogP contribution in [-0.2, 0) is 6.42 Å². The molecule has 2 aromatic rings. The highest BCUT2D eigenvalue weighted by atomic mass is 16.5. The molecule has 2 rings (SSSR count). The van der Waals surface area contributed by atoms with Crippen LogP contribution in [0.15, 0.2) is 48.5 Å². The van der Waals surface area contributed by atoms with E-state index in [0.29, 0.717) is 0 Å². The van der Waals surface area contributed by atoms with Gasteiger partial charge in [-0.3, -0.25) is 0 Å². The summed E-state index contributed by atoms with van der Waals surface area (Å²) in [4.78, 5) is 13.9. The highest BCUT2D eigenvalue weighted by molar-refractivity contribution is 5.89. The third kappa shape index (κ3) is 4.92. The van der Waals surface area contributed by atoms with E-state index in [4.69, 9.17) is 4.74 Å². The SMILES string of the molecule is CCc1ccccc1OCNC(=O)Nc1cccc(N(C)C)c1. The fourth-order valence-corrected chi connectivity index (χ4v) is 2.15. The monoisotopic (exact) mass is 313 g/mol. The van der Waals surface area contributed by atoms with E-state index in [2.05, 4.69) is 17.6 Å². The predicted octanol–water partition coefficient (Wildman–Crippen LogP) is 3.47. The molecule has 2 aromatic carbocycles. The lowest BCUT2D eigenvalue weighted by atomic mass is 10.1. The van der Waals surface area contributed by atoms with Crippen LogP contribution in [0.4, 0.5) is 16.2 Å². The van der Waals surface area contributed by atoms with E-state index in [0.717, 1.165) is 29.1 Å². The van der Waals surface area contributed by atoms with Crippen molar-refractivity contribution in [1.29, 1.82) is 0 Å². The number of aryl methyl sites for hydroxylation is 1. The number of anilines is 2. The molecule has 5 nitrogen and oxygen atoms in total. The van der Waals surface area contributed by atoms with Crippen molar-refractivity contribution in [1.82, 2.24) is 5.32 Å². The van der Waals surface area contributed by atoms with Gasteiger partial charge in [-0.2, -0.15) is 0 Å². The van der Waals surface area contributed by atoms with Gasteiger partial charge in [-0.25, -0.2) is 4.79 Å². The molecule has 5 heteroatoms. The first-order chi connectivity index (χ1) is 11.1. The summed E-state index contributed by atoms with van der Waals surface area (Å²) in [5.74, 6) is 0.796. The molecule has 0 fully saturated rings. The van der Waals surface area contributed by atoms with Gasteiger partial charge in [-0.15, -0.1) is 0 Å². The molecule has 0 atom stereocenters. The molecule has 0 saturated heterocycles. The average molecular weight is 313 g/mol. The van der Waals surface area contributed by atoms with Gasteiger partial charge < -0.3 is 20.3 Å². The first-order valence-corrected chi connectivity index (χ1v) is 7.63. The van der Waals surface area contributed by atoms with Gasteiger partial charge >= 0.3 is 6.03 Å². The van der Waals surface area contributed by atoms with Gasteiger partial charge in [0.1, 0.15) is 5.75 Å². The molecule has 0 saturated carbocycles. The molecule has 23 heavy (non-hydrogen) atoms. The molecular weight excluding hydrogens is 290 g/mol.